The molecule has 6 rings (SSSR count). The summed E-state index contributed by atoms with van der Waals surface area (Å²) in [6.07, 6.45) is 8.20. The maximum absolute atomic E-state index is 12.2. The van der Waals surface area contributed by atoms with Crippen LogP contribution in [0.4, 0.5) is 5.69 Å². The van der Waals surface area contributed by atoms with E-state index in [4.69, 9.17) is 11.6 Å². The zero-order chi connectivity index (χ0) is 23.9. The Balaban J connectivity index is 1.44. The summed E-state index contributed by atoms with van der Waals surface area (Å²) < 4.78 is 1.08. The van der Waals surface area contributed by atoms with Gasteiger partial charge in [-0.05, 0) is 75.0 Å². The first kappa shape index (κ1) is 23.0. The van der Waals surface area contributed by atoms with Crippen molar-refractivity contribution in [3.05, 3.63) is 45.9 Å². The molecule has 0 spiro atoms. The summed E-state index contributed by atoms with van der Waals surface area (Å²) in [5.74, 6) is -0.170. The molecule has 5 heterocycles. The van der Waals surface area contributed by atoms with E-state index in [0.29, 0.717) is 25.4 Å². The molecular weight excluding hydrogens is 480 g/mol. The van der Waals surface area contributed by atoms with E-state index in [9.17, 15) is 9.59 Å². The minimum absolute atomic E-state index is 0.0851. The number of likely N-dealkylation sites (tertiary alicyclic amines) is 1. The summed E-state index contributed by atoms with van der Waals surface area (Å²) in [4.78, 5) is 34.0. The summed E-state index contributed by atoms with van der Waals surface area (Å²) in [7, 11) is 0. The first-order chi connectivity index (χ1) is 17.1. The molecule has 0 aliphatic carbocycles. The van der Waals surface area contributed by atoms with Crippen LogP contribution in [0, 0.1) is 0 Å². The van der Waals surface area contributed by atoms with Crippen molar-refractivity contribution in [3.8, 4) is 11.1 Å². The smallest absolute Gasteiger partial charge is 0.230 e. The Bertz CT molecular complexity index is 1280. The number of aromatic nitrogens is 1. The Kier molecular flexibility index (Phi) is 6.25. The fourth-order valence-corrected chi connectivity index (χ4v) is 7.22. The number of nitrogens with one attached hydrogen (secondary N) is 1. The van der Waals surface area contributed by atoms with E-state index in [-0.39, 0.29) is 11.8 Å². The van der Waals surface area contributed by atoms with Crippen LogP contribution in [0.25, 0.3) is 21.3 Å². The number of aryl methyl sites for hydroxylation is 1. The number of hydrogen-bond acceptors (Lipinski definition) is 6. The Hall–Kier alpha value is -2.48. The van der Waals surface area contributed by atoms with Crippen molar-refractivity contribution in [2.45, 2.75) is 57.5 Å². The van der Waals surface area contributed by atoms with E-state index in [1.807, 2.05) is 12.3 Å². The minimum atomic E-state index is -0.0851. The molecule has 2 amide bonds. The summed E-state index contributed by atoms with van der Waals surface area (Å²) in [5, 5.41) is 4.31. The highest BCUT2D eigenvalue weighted by atomic mass is 35.5. The van der Waals surface area contributed by atoms with Gasteiger partial charge in [0.1, 0.15) is 0 Å². The number of carbonyl (C=O) groups is 2. The van der Waals surface area contributed by atoms with E-state index in [1.165, 1.54) is 34.6 Å². The summed E-state index contributed by atoms with van der Waals surface area (Å²) in [6, 6.07) is 8.88. The van der Waals surface area contributed by atoms with Crippen LogP contribution in [0.2, 0.25) is 5.02 Å². The number of thiophene rings is 1. The number of fused-ring (bicyclic) bond motifs is 2. The molecule has 1 aromatic carbocycles. The lowest BCUT2D eigenvalue weighted by Crippen LogP contribution is -2.40. The lowest BCUT2D eigenvalue weighted by molar-refractivity contribution is -0.138. The molecule has 0 saturated carbocycles. The first-order valence-corrected chi connectivity index (χ1v) is 13.8. The zero-order valence-corrected chi connectivity index (χ0v) is 21.3. The van der Waals surface area contributed by atoms with Crippen molar-refractivity contribution < 1.29 is 9.59 Å². The van der Waals surface area contributed by atoms with Gasteiger partial charge in [-0.2, -0.15) is 0 Å². The van der Waals surface area contributed by atoms with Gasteiger partial charge in [0, 0.05) is 58.3 Å². The van der Waals surface area contributed by atoms with Crippen LogP contribution < -0.4 is 10.2 Å². The molecule has 3 aromatic rings. The van der Waals surface area contributed by atoms with Crippen molar-refractivity contribution in [1.82, 2.24) is 15.2 Å². The largest absolute Gasteiger partial charge is 0.368 e. The second-order valence-electron chi connectivity index (χ2n) is 9.75. The van der Waals surface area contributed by atoms with E-state index >= 15 is 0 Å². The van der Waals surface area contributed by atoms with Gasteiger partial charge < -0.3 is 10.2 Å². The topological polar surface area (TPSA) is 65.5 Å². The number of imide groups is 1. The molecule has 0 bridgehead atoms. The highest BCUT2D eigenvalue weighted by Crippen LogP contribution is 2.45. The number of pyridine rings is 1. The summed E-state index contributed by atoms with van der Waals surface area (Å²) in [5.41, 5.74) is 5.84. The second kappa shape index (κ2) is 9.52. The van der Waals surface area contributed by atoms with Crippen molar-refractivity contribution in [2.24, 2.45) is 0 Å². The second-order valence-corrected chi connectivity index (χ2v) is 11.3. The minimum Gasteiger partial charge on any atom is -0.368 e. The molecule has 3 aliphatic rings. The molecule has 0 radical (unpaired) electrons. The van der Waals surface area contributed by atoms with Gasteiger partial charge in [0.2, 0.25) is 11.8 Å². The first-order valence-electron chi connectivity index (χ1n) is 12.6. The Morgan fingerprint density at radius 1 is 1.03 bits per heavy atom. The third kappa shape index (κ3) is 4.34. The maximum atomic E-state index is 12.2. The highest BCUT2D eigenvalue weighted by molar-refractivity contribution is 7.19. The Morgan fingerprint density at radius 3 is 2.74 bits per heavy atom. The molecule has 1 unspecified atom stereocenters. The van der Waals surface area contributed by atoms with Crippen molar-refractivity contribution in [3.63, 3.8) is 0 Å². The molecule has 2 aromatic heterocycles. The number of carbonyl (C=O) groups excluding carboxylic acids is 2. The van der Waals surface area contributed by atoms with Crippen LogP contribution in [-0.2, 0) is 22.6 Å². The monoisotopic (exact) mass is 508 g/mol. The van der Waals surface area contributed by atoms with Crippen LogP contribution >= 0.6 is 22.9 Å². The van der Waals surface area contributed by atoms with Crippen molar-refractivity contribution >= 4 is 50.7 Å². The molecule has 2 fully saturated rings. The molecule has 6 nitrogen and oxygen atoms in total. The van der Waals surface area contributed by atoms with Gasteiger partial charge in [0.15, 0.2) is 0 Å². The maximum Gasteiger partial charge on any atom is 0.230 e. The van der Waals surface area contributed by atoms with E-state index < -0.39 is 0 Å². The molecule has 1 atom stereocenters. The van der Waals surface area contributed by atoms with Gasteiger partial charge in [-0.25, -0.2) is 0 Å². The normalized spacial score (nSPS) is 21.0. The van der Waals surface area contributed by atoms with Crippen molar-refractivity contribution in [2.75, 3.05) is 24.5 Å². The van der Waals surface area contributed by atoms with Gasteiger partial charge in [-0.1, -0.05) is 11.6 Å². The third-order valence-corrected chi connectivity index (χ3v) is 8.85. The highest BCUT2D eigenvalue weighted by Gasteiger charge is 2.31. The molecule has 8 heteroatoms. The van der Waals surface area contributed by atoms with Gasteiger partial charge in [0.25, 0.3) is 0 Å². The standard InChI is InChI=1S/C27H29ClN4O2S/c28-18-13-17-3-2-12-31(19-4-1-9-29-10-7-19)26(17)22(14-18)21-8-11-30-23-15-20(35-27(21)23)16-32-24(33)5-6-25(32)34/h8,11,13-15,19,29H,1-7,9-10,12,16H2. The van der Waals surface area contributed by atoms with E-state index in [2.05, 4.69) is 33.4 Å². The van der Waals surface area contributed by atoms with Crippen LogP contribution in [0.15, 0.2) is 30.5 Å². The Morgan fingerprint density at radius 2 is 1.89 bits per heavy atom. The van der Waals surface area contributed by atoms with E-state index in [0.717, 1.165) is 64.6 Å². The average molecular weight is 509 g/mol. The fourth-order valence-electron chi connectivity index (χ4n) is 5.85. The lowest BCUT2D eigenvalue weighted by atomic mass is 9.91. The van der Waals surface area contributed by atoms with Gasteiger partial charge in [-0.15, -0.1) is 11.3 Å². The molecule has 35 heavy (non-hydrogen) atoms. The SMILES string of the molecule is O=C1CCC(=O)N1Cc1cc2nccc(-c3cc(Cl)cc4c3N(C3CCCNCC3)CCC4)c2s1. The molecular formula is C27H29ClN4O2S. The summed E-state index contributed by atoms with van der Waals surface area (Å²) in [6.45, 7) is 3.54. The number of rotatable bonds is 4. The van der Waals surface area contributed by atoms with Crippen LogP contribution in [-0.4, -0.2) is 47.4 Å². The lowest BCUT2D eigenvalue weighted by Gasteiger charge is -2.39. The Labute approximate surface area is 214 Å². The summed E-state index contributed by atoms with van der Waals surface area (Å²) >= 11 is 8.30. The third-order valence-electron chi connectivity index (χ3n) is 7.49. The number of nitrogens with zero attached hydrogens (tertiary/aromatic N) is 3. The zero-order valence-electron chi connectivity index (χ0n) is 19.7. The molecule has 182 valence electrons. The average Bonchev–Trinajstić information content (AvgIpc) is 3.28. The number of amides is 2. The van der Waals surface area contributed by atoms with Crippen LogP contribution in [0.5, 0.6) is 0 Å². The number of benzene rings is 1. The molecule has 1 N–H and O–H groups in total. The number of hydrogen-bond donors (Lipinski definition) is 1. The van der Waals surface area contributed by atoms with E-state index in [1.54, 1.807) is 11.3 Å². The van der Waals surface area contributed by atoms with Crippen LogP contribution in [0.1, 0.15) is 49.0 Å². The molecule has 3 aliphatic heterocycles. The van der Waals surface area contributed by atoms with Gasteiger partial charge in [0.05, 0.1) is 16.8 Å². The number of halogens is 1. The van der Waals surface area contributed by atoms with Crippen LogP contribution in [0.3, 0.4) is 0 Å². The molecule has 2 saturated heterocycles. The fraction of sp³-hybridized carbons (Fsp3) is 0.444. The van der Waals surface area contributed by atoms with Gasteiger partial charge >= 0.3 is 0 Å². The number of anilines is 1. The predicted molar refractivity (Wildman–Crippen MR) is 141 cm³/mol. The predicted octanol–water partition coefficient (Wildman–Crippen LogP) is 5.16. The van der Waals surface area contributed by atoms with Gasteiger partial charge in [-0.3, -0.25) is 19.5 Å². The quantitative estimate of drug-likeness (QED) is 0.493. The van der Waals surface area contributed by atoms with Crippen molar-refractivity contribution in [1.29, 1.82) is 0 Å².